The molecule has 1 saturated heterocycles. The number of fused-ring (bicyclic) bond motifs is 1. The summed E-state index contributed by atoms with van der Waals surface area (Å²) in [7, 11) is 0. The summed E-state index contributed by atoms with van der Waals surface area (Å²) in [5, 5.41) is 5.38. The Bertz CT molecular complexity index is 1410. The molecule has 0 saturated carbocycles. The number of rotatable bonds is 5. The number of nitrogens with zero attached hydrogens (tertiary/aromatic N) is 5. The van der Waals surface area contributed by atoms with Crippen molar-refractivity contribution in [3.05, 3.63) is 48.4 Å². The Balaban J connectivity index is 0.00000320. The molecule has 1 fully saturated rings. The van der Waals surface area contributed by atoms with Gasteiger partial charge in [0.15, 0.2) is 10.9 Å². The normalized spacial score (nSPS) is 13.9. The molecule has 5 rings (SSSR count). The highest BCUT2D eigenvalue weighted by Gasteiger charge is 2.23. The van der Waals surface area contributed by atoms with E-state index in [2.05, 4.69) is 30.6 Å². The number of piperidine rings is 1. The van der Waals surface area contributed by atoms with E-state index in [-0.39, 0.29) is 40.4 Å². The maximum atomic E-state index is 15.8. The van der Waals surface area contributed by atoms with Crippen LogP contribution in [0.25, 0.3) is 32.6 Å². The van der Waals surface area contributed by atoms with Gasteiger partial charge in [0.1, 0.15) is 17.0 Å². The van der Waals surface area contributed by atoms with E-state index >= 15 is 4.39 Å². The highest BCUT2D eigenvalue weighted by atomic mass is 35.5. The monoisotopic (exact) mass is 546 g/mol. The van der Waals surface area contributed by atoms with Gasteiger partial charge in [-0.1, -0.05) is 11.3 Å². The Kier molecular flexibility index (Phi) is 8.10. The molecule has 2 amide bonds. The molecule has 0 unspecified atom stereocenters. The molecule has 4 heterocycles. The van der Waals surface area contributed by atoms with Crippen LogP contribution in [0.4, 0.5) is 24.7 Å². The average Bonchev–Trinajstić information content (AvgIpc) is 3.30. The highest BCUT2D eigenvalue weighted by molar-refractivity contribution is 7.22. The van der Waals surface area contributed by atoms with Gasteiger partial charge in [-0.05, 0) is 38.0 Å². The number of anilines is 2. The maximum absolute atomic E-state index is 15.8. The Morgan fingerprint density at radius 2 is 1.92 bits per heavy atom. The summed E-state index contributed by atoms with van der Waals surface area (Å²) >= 11 is 1.04. The minimum absolute atomic E-state index is 0. The van der Waals surface area contributed by atoms with Crippen molar-refractivity contribution in [3.63, 3.8) is 0 Å². The van der Waals surface area contributed by atoms with E-state index in [1.807, 2.05) is 4.90 Å². The Morgan fingerprint density at radius 1 is 1.19 bits per heavy atom. The van der Waals surface area contributed by atoms with Gasteiger partial charge < -0.3 is 16.0 Å². The van der Waals surface area contributed by atoms with Crippen LogP contribution in [0, 0.1) is 11.6 Å². The average molecular weight is 547 g/mol. The summed E-state index contributed by atoms with van der Waals surface area (Å²) in [6, 6.07) is 4.00. The van der Waals surface area contributed by atoms with E-state index in [1.165, 1.54) is 24.4 Å². The Hall–Kier alpha value is -3.48. The molecule has 194 valence electrons. The van der Waals surface area contributed by atoms with Crippen LogP contribution in [-0.4, -0.2) is 51.6 Å². The van der Waals surface area contributed by atoms with Crippen LogP contribution in [0.15, 0.2) is 36.8 Å². The van der Waals surface area contributed by atoms with Crippen molar-refractivity contribution in [1.29, 1.82) is 0 Å². The third kappa shape index (κ3) is 5.45. The molecular weight excluding hydrogens is 522 g/mol. The summed E-state index contributed by atoms with van der Waals surface area (Å²) in [6.45, 7) is 3.70. The smallest absolute Gasteiger partial charge is 0.321 e. The number of thiazole rings is 1. The second kappa shape index (κ2) is 11.3. The zero-order valence-corrected chi connectivity index (χ0v) is 21.5. The van der Waals surface area contributed by atoms with Crippen LogP contribution < -0.4 is 21.3 Å². The van der Waals surface area contributed by atoms with E-state index in [4.69, 9.17) is 5.73 Å². The van der Waals surface area contributed by atoms with Crippen molar-refractivity contribution >= 4 is 51.1 Å². The van der Waals surface area contributed by atoms with Crippen LogP contribution in [0.1, 0.15) is 19.8 Å². The van der Waals surface area contributed by atoms with Crippen LogP contribution in [0.5, 0.6) is 0 Å². The number of carbonyl (C=O) groups is 1. The minimum atomic E-state index is -0.620. The summed E-state index contributed by atoms with van der Waals surface area (Å²) < 4.78 is 30.9. The highest BCUT2D eigenvalue weighted by Crippen LogP contribution is 2.41. The number of nitrogens with one attached hydrogen (secondary N) is 2. The molecular formula is C24H25ClF2N8OS. The van der Waals surface area contributed by atoms with Gasteiger partial charge in [0, 0.05) is 61.0 Å². The van der Waals surface area contributed by atoms with Gasteiger partial charge in [-0.2, -0.15) is 0 Å². The van der Waals surface area contributed by atoms with Crippen LogP contribution in [0.3, 0.4) is 0 Å². The molecule has 37 heavy (non-hydrogen) atoms. The first-order chi connectivity index (χ1) is 17.4. The van der Waals surface area contributed by atoms with Crippen LogP contribution in [-0.2, 0) is 0 Å². The van der Waals surface area contributed by atoms with E-state index in [0.29, 0.717) is 28.3 Å². The third-order valence-electron chi connectivity index (χ3n) is 5.95. The lowest BCUT2D eigenvalue weighted by Gasteiger charge is -2.30. The molecule has 0 bridgehead atoms. The molecule has 0 atom stereocenters. The molecule has 1 aliphatic heterocycles. The minimum Gasteiger partial charge on any atom is -0.341 e. The van der Waals surface area contributed by atoms with Crippen molar-refractivity contribution in [2.75, 3.05) is 29.9 Å². The molecule has 0 aliphatic carbocycles. The van der Waals surface area contributed by atoms with E-state index < -0.39 is 17.7 Å². The molecule has 9 nitrogen and oxygen atoms in total. The molecule has 0 radical (unpaired) electrons. The topological polar surface area (TPSA) is 122 Å². The van der Waals surface area contributed by atoms with E-state index in [0.717, 1.165) is 37.3 Å². The first kappa shape index (κ1) is 26.6. The van der Waals surface area contributed by atoms with Crippen LogP contribution >= 0.6 is 23.7 Å². The third-order valence-corrected chi connectivity index (χ3v) is 6.95. The predicted octanol–water partition coefficient (Wildman–Crippen LogP) is 4.58. The molecule has 13 heteroatoms. The van der Waals surface area contributed by atoms with Gasteiger partial charge in [-0.15, -0.1) is 12.4 Å². The van der Waals surface area contributed by atoms with Gasteiger partial charge in [0.25, 0.3) is 0 Å². The van der Waals surface area contributed by atoms with Gasteiger partial charge in [0.05, 0.1) is 4.70 Å². The standard InChI is InChI=1S/C24H24F2N8OS.ClH/c1-2-28-23(35)33-24-32-20-18(26)15(10-16(21(20)36-24)19-17(25)4-3-7-29-19)13-11-30-22(31-12-13)34-8-5-14(27)6-9-34;/h3-4,7,10-12,14H,2,5-6,8-9,27H2,1H3,(H2,28,32,33,35);1H. The number of nitrogens with two attached hydrogens (primary N) is 1. The first-order valence-electron chi connectivity index (χ1n) is 11.6. The summed E-state index contributed by atoms with van der Waals surface area (Å²) in [6.07, 6.45) is 6.25. The molecule has 1 aliphatic rings. The van der Waals surface area contributed by atoms with Crippen molar-refractivity contribution in [1.82, 2.24) is 25.3 Å². The number of aromatic nitrogens is 4. The Labute approximate surface area is 222 Å². The zero-order valence-electron chi connectivity index (χ0n) is 19.9. The summed E-state index contributed by atoms with van der Waals surface area (Å²) in [5.74, 6) is -0.631. The number of hydrogen-bond donors (Lipinski definition) is 3. The summed E-state index contributed by atoms with van der Waals surface area (Å²) in [5.41, 5.74) is 6.96. The molecule has 4 aromatic rings. The number of hydrogen-bond acceptors (Lipinski definition) is 8. The van der Waals surface area contributed by atoms with E-state index in [1.54, 1.807) is 19.3 Å². The number of carbonyl (C=O) groups excluding carboxylic acids is 1. The van der Waals surface area contributed by atoms with Crippen molar-refractivity contribution in [3.8, 4) is 22.4 Å². The quantitative estimate of drug-likeness (QED) is 0.335. The fourth-order valence-electron chi connectivity index (χ4n) is 4.10. The largest absolute Gasteiger partial charge is 0.341 e. The lowest BCUT2D eigenvalue weighted by Crippen LogP contribution is -2.40. The van der Waals surface area contributed by atoms with Gasteiger partial charge in [-0.3, -0.25) is 10.3 Å². The maximum Gasteiger partial charge on any atom is 0.321 e. The van der Waals surface area contributed by atoms with Gasteiger partial charge in [0.2, 0.25) is 5.95 Å². The lowest BCUT2D eigenvalue weighted by molar-refractivity contribution is 0.252. The van der Waals surface area contributed by atoms with Crippen LogP contribution in [0.2, 0.25) is 0 Å². The number of benzene rings is 1. The van der Waals surface area contributed by atoms with Crippen molar-refractivity contribution < 1.29 is 13.6 Å². The van der Waals surface area contributed by atoms with Crippen molar-refractivity contribution in [2.45, 2.75) is 25.8 Å². The molecule has 4 N–H and O–H groups in total. The van der Waals surface area contributed by atoms with E-state index in [9.17, 15) is 9.18 Å². The van der Waals surface area contributed by atoms with Crippen molar-refractivity contribution in [2.24, 2.45) is 5.73 Å². The number of pyridine rings is 1. The fraction of sp³-hybridized carbons (Fsp3) is 0.292. The zero-order chi connectivity index (χ0) is 25.2. The number of amides is 2. The fourth-order valence-corrected chi connectivity index (χ4v) is 5.07. The molecule has 3 aromatic heterocycles. The second-order valence-electron chi connectivity index (χ2n) is 8.40. The lowest BCUT2D eigenvalue weighted by atomic mass is 10.0. The number of halogens is 3. The SMILES string of the molecule is CCNC(=O)Nc1nc2c(F)c(-c3cnc(N4CCC(N)CC4)nc3)cc(-c3ncccc3F)c2s1.Cl. The molecule has 0 spiro atoms. The first-order valence-corrected chi connectivity index (χ1v) is 12.4. The number of urea groups is 1. The molecule has 1 aromatic carbocycles. The summed E-state index contributed by atoms with van der Waals surface area (Å²) in [4.78, 5) is 31.4. The van der Waals surface area contributed by atoms with Gasteiger partial charge >= 0.3 is 6.03 Å². The Morgan fingerprint density at radius 3 is 2.59 bits per heavy atom. The van der Waals surface area contributed by atoms with Gasteiger partial charge in [-0.25, -0.2) is 28.5 Å². The second-order valence-corrected chi connectivity index (χ2v) is 9.40. The predicted molar refractivity (Wildman–Crippen MR) is 143 cm³/mol.